The van der Waals surface area contributed by atoms with Gasteiger partial charge in [-0.3, -0.25) is 4.98 Å². The number of rotatable bonds is 4. The van der Waals surface area contributed by atoms with Crippen LogP contribution in [-0.4, -0.2) is 15.0 Å². The van der Waals surface area contributed by atoms with Crippen molar-refractivity contribution in [2.75, 3.05) is 10.6 Å². The molecule has 5 nitrogen and oxygen atoms in total. The number of para-hydroxylation sites is 1. The highest BCUT2D eigenvalue weighted by atomic mass is 15.1. The number of aryl methyl sites for hydroxylation is 2. The van der Waals surface area contributed by atoms with Crippen molar-refractivity contribution in [3.05, 3.63) is 78.1 Å². The van der Waals surface area contributed by atoms with Gasteiger partial charge in [0.15, 0.2) is 0 Å². The molecule has 0 saturated carbocycles. The zero-order valence-corrected chi connectivity index (χ0v) is 14.8. The van der Waals surface area contributed by atoms with E-state index in [1.165, 1.54) is 24.0 Å². The molecule has 0 bridgehead atoms. The van der Waals surface area contributed by atoms with Crippen molar-refractivity contribution in [2.45, 2.75) is 19.3 Å². The van der Waals surface area contributed by atoms with Crippen LogP contribution in [0.1, 0.15) is 17.5 Å². The molecule has 2 aromatic heterocycles. The summed E-state index contributed by atoms with van der Waals surface area (Å²) in [5, 5.41) is 7.71. The van der Waals surface area contributed by atoms with E-state index in [9.17, 15) is 0 Å². The SMILES string of the molecule is c1ccc2ncc(Nc3ccnc(Nc4ccc5c(c4)CCC5)n3)cc2c1. The Balaban J connectivity index is 1.36. The van der Waals surface area contributed by atoms with Gasteiger partial charge in [0.05, 0.1) is 17.4 Å². The predicted octanol–water partition coefficient (Wildman–Crippen LogP) is 5.00. The van der Waals surface area contributed by atoms with E-state index >= 15 is 0 Å². The van der Waals surface area contributed by atoms with Crippen LogP contribution in [0.25, 0.3) is 10.9 Å². The first-order valence-corrected chi connectivity index (χ1v) is 9.17. The Labute approximate surface area is 157 Å². The van der Waals surface area contributed by atoms with Crippen LogP contribution in [0.2, 0.25) is 0 Å². The molecule has 0 saturated heterocycles. The van der Waals surface area contributed by atoms with Crippen LogP contribution < -0.4 is 10.6 Å². The number of nitrogens with one attached hydrogen (secondary N) is 2. The average molecular weight is 353 g/mol. The Morgan fingerprint density at radius 2 is 1.70 bits per heavy atom. The van der Waals surface area contributed by atoms with Crippen LogP contribution in [0, 0.1) is 0 Å². The summed E-state index contributed by atoms with van der Waals surface area (Å²) in [5.74, 6) is 1.30. The molecule has 0 fully saturated rings. The number of hydrogen-bond donors (Lipinski definition) is 2. The van der Waals surface area contributed by atoms with Crippen LogP contribution in [0.4, 0.5) is 23.1 Å². The Bertz CT molecular complexity index is 1120. The van der Waals surface area contributed by atoms with Crippen LogP contribution in [0.15, 0.2) is 67.0 Å². The summed E-state index contributed by atoms with van der Waals surface area (Å²) in [6.45, 7) is 0. The van der Waals surface area contributed by atoms with Gasteiger partial charge in [0.25, 0.3) is 0 Å². The zero-order chi connectivity index (χ0) is 18.1. The van der Waals surface area contributed by atoms with Crippen molar-refractivity contribution < 1.29 is 0 Å². The second kappa shape index (κ2) is 6.68. The molecule has 5 rings (SSSR count). The third-order valence-electron chi connectivity index (χ3n) is 4.87. The van der Waals surface area contributed by atoms with E-state index < -0.39 is 0 Å². The molecule has 2 N–H and O–H groups in total. The summed E-state index contributed by atoms with van der Waals surface area (Å²) < 4.78 is 0. The number of benzene rings is 2. The Hall–Kier alpha value is -3.47. The molecule has 0 aliphatic heterocycles. The number of pyridine rings is 1. The maximum atomic E-state index is 4.58. The van der Waals surface area contributed by atoms with E-state index in [4.69, 9.17) is 0 Å². The fourth-order valence-corrected chi connectivity index (χ4v) is 3.55. The van der Waals surface area contributed by atoms with Crippen molar-refractivity contribution in [3.8, 4) is 0 Å². The molecule has 2 heterocycles. The van der Waals surface area contributed by atoms with E-state index in [0.29, 0.717) is 5.95 Å². The molecule has 132 valence electrons. The lowest BCUT2D eigenvalue weighted by molar-refractivity contribution is 0.912. The highest BCUT2D eigenvalue weighted by Crippen LogP contribution is 2.26. The maximum Gasteiger partial charge on any atom is 0.229 e. The third-order valence-corrected chi connectivity index (χ3v) is 4.87. The van der Waals surface area contributed by atoms with Crippen molar-refractivity contribution in [1.29, 1.82) is 0 Å². The van der Waals surface area contributed by atoms with Gasteiger partial charge in [-0.2, -0.15) is 4.98 Å². The molecule has 0 atom stereocenters. The lowest BCUT2D eigenvalue weighted by Crippen LogP contribution is -2.01. The van der Waals surface area contributed by atoms with Gasteiger partial charge >= 0.3 is 0 Å². The third kappa shape index (κ3) is 3.31. The summed E-state index contributed by atoms with van der Waals surface area (Å²) in [6, 6.07) is 18.5. The van der Waals surface area contributed by atoms with E-state index in [1.54, 1.807) is 6.20 Å². The molecule has 1 aliphatic carbocycles. The number of anilines is 4. The summed E-state index contributed by atoms with van der Waals surface area (Å²) in [4.78, 5) is 13.4. The normalized spacial score (nSPS) is 12.7. The fraction of sp³-hybridized carbons (Fsp3) is 0.136. The topological polar surface area (TPSA) is 62.7 Å². The highest BCUT2D eigenvalue weighted by Gasteiger charge is 2.11. The smallest absolute Gasteiger partial charge is 0.229 e. The zero-order valence-electron chi connectivity index (χ0n) is 14.8. The second-order valence-corrected chi connectivity index (χ2v) is 6.77. The van der Waals surface area contributed by atoms with Gasteiger partial charge < -0.3 is 10.6 Å². The summed E-state index contributed by atoms with van der Waals surface area (Å²) in [5.41, 5.74) is 5.79. The molecule has 0 amide bonds. The summed E-state index contributed by atoms with van der Waals surface area (Å²) in [7, 11) is 0. The van der Waals surface area contributed by atoms with Crippen LogP contribution in [0.5, 0.6) is 0 Å². The first-order valence-electron chi connectivity index (χ1n) is 9.17. The highest BCUT2D eigenvalue weighted by molar-refractivity contribution is 5.82. The number of hydrogen-bond acceptors (Lipinski definition) is 5. The molecule has 0 radical (unpaired) electrons. The number of fused-ring (bicyclic) bond motifs is 2. The van der Waals surface area contributed by atoms with Gasteiger partial charge in [-0.15, -0.1) is 0 Å². The maximum absolute atomic E-state index is 4.58. The lowest BCUT2D eigenvalue weighted by atomic mass is 10.1. The molecule has 2 aromatic carbocycles. The van der Waals surface area contributed by atoms with Gasteiger partial charge in [-0.25, -0.2) is 4.98 Å². The Morgan fingerprint density at radius 1 is 0.778 bits per heavy atom. The monoisotopic (exact) mass is 353 g/mol. The van der Waals surface area contributed by atoms with Gasteiger partial charge in [0, 0.05) is 17.3 Å². The quantitative estimate of drug-likeness (QED) is 0.540. The lowest BCUT2D eigenvalue weighted by Gasteiger charge is -2.10. The molecular formula is C22H19N5. The Morgan fingerprint density at radius 3 is 2.70 bits per heavy atom. The minimum absolute atomic E-state index is 0.576. The fourth-order valence-electron chi connectivity index (χ4n) is 3.55. The summed E-state index contributed by atoms with van der Waals surface area (Å²) >= 11 is 0. The van der Waals surface area contributed by atoms with E-state index in [2.05, 4.69) is 49.9 Å². The second-order valence-electron chi connectivity index (χ2n) is 6.77. The van der Waals surface area contributed by atoms with Crippen molar-refractivity contribution in [1.82, 2.24) is 15.0 Å². The number of aromatic nitrogens is 3. The van der Waals surface area contributed by atoms with Crippen LogP contribution >= 0.6 is 0 Å². The molecule has 0 unspecified atom stereocenters. The standard InChI is InChI=1S/C22H19N5/c1-2-7-20-17(4-1)13-19(14-24-20)25-21-10-11-23-22(27-21)26-18-9-8-15-5-3-6-16(15)12-18/h1-2,4,7-14H,3,5-6H2,(H2,23,25,26,27). The first kappa shape index (κ1) is 15.8. The Kier molecular flexibility index (Phi) is 3.90. The minimum Gasteiger partial charge on any atom is -0.339 e. The summed E-state index contributed by atoms with van der Waals surface area (Å²) in [6.07, 6.45) is 7.15. The molecular weight excluding hydrogens is 334 g/mol. The van der Waals surface area contributed by atoms with Crippen molar-refractivity contribution >= 4 is 34.0 Å². The molecule has 4 aromatic rings. The van der Waals surface area contributed by atoms with Gasteiger partial charge in [-0.1, -0.05) is 24.3 Å². The molecule has 0 spiro atoms. The van der Waals surface area contributed by atoms with Crippen LogP contribution in [-0.2, 0) is 12.8 Å². The first-order chi connectivity index (χ1) is 13.3. The van der Waals surface area contributed by atoms with Gasteiger partial charge in [0.2, 0.25) is 5.95 Å². The van der Waals surface area contributed by atoms with E-state index in [-0.39, 0.29) is 0 Å². The molecule has 5 heteroatoms. The number of nitrogens with zero attached hydrogens (tertiary/aromatic N) is 3. The van der Waals surface area contributed by atoms with Gasteiger partial charge in [-0.05, 0) is 60.7 Å². The van der Waals surface area contributed by atoms with Crippen LogP contribution in [0.3, 0.4) is 0 Å². The predicted molar refractivity (Wildman–Crippen MR) is 109 cm³/mol. The molecule has 27 heavy (non-hydrogen) atoms. The minimum atomic E-state index is 0.576. The van der Waals surface area contributed by atoms with Crippen molar-refractivity contribution in [3.63, 3.8) is 0 Å². The largest absolute Gasteiger partial charge is 0.339 e. The van der Waals surface area contributed by atoms with Gasteiger partial charge in [0.1, 0.15) is 5.82 Å². The molecule has 1 aliphatic rings. The van der Waals surface area contributed by atoms with E-state index in [0.717, 1.165) is 34.5 Å². The van der Waals surface area contributed by atoms with E-state index in [1.807, 2.05) is 36.5 Å². The average Bonchev–Trinajstić information content (AvgIpc) is 3.16. The van der Waals surface area contributed by atoms with Crippen molar-refractivity contribution in [2.24, 2.45) is 0 Å².